The molecule has 0 spiro atoms. The van der Waals surface area contributed by atoms with Crippen LogP contribution in [0.25, 0.3) is 0 Å². The van der Waals surface area contributed by atoms with E-state index in [1.807, 2.05) is 20.8 Å². The molecule has 104 valence electrons. The lowest BCUT2D eigenvalue weighted by Gasteiger charge is -2.33. The fourth-order valence-electron chi connectivity index (χ4n) is 2.16. The topological polar surface area (TPSA) is 66.8 Å². The third kappa shape index (κ3) is 3.85. The third-order valence-corrected chi connectivity index (χ3v) is 2.98. The molecule has 0 aliphatic carbocycles. The van der Waals surface area contributed by atoms with Crippen LogP contribution >= 0.6 is 11.6 Å². The van der Waals surface area contributed by atoms with Crippen LogP contribution in [0.4, 0.5) is 0 Å². The number of ether oxygens (including phenoxy) is 1. The van der Waals surface area contributed by atoms with E-state index in [9.17, 15) is 14.7 Å². The number of nitrogens with zero attached hydrogens (tertiary/aromatic N) is 1. The summed E-state index contributed by atoms with van der Waals surface area (Å²) in [5, 5.41) is 8.97. The number of rotatable bonds is 4. The van der Waals surface area contributed by atoms with Gasteiger partial charge in [-0.25, -0.2) is 4.79 Å². The summed E-state index contributed by atoms with van der Waals surface area (Å²) in [6, 6.07) is -0.986. The lowest BCUT2D eigenvalue weighted by atomic mass is 10.1. The lowest BCUT2D eigenvalue weighted by molar-refractivity contribution is -0.160. The number of hydrogen-bond acceptors (Lipinski definition) is 3. The molecule has 1 amide bonds. The van der Waals surface area contributed by atoms with E-state index in [1.165, 1.54) is 4.90 Å². The van der Waals surface area contributed by atoms with E-state index < -0.39 is 23.7 Å². The molecule has 0 saturated carbocycles. The van der Waals surface area contributed by atoms with Crippen LogP contribution in [0.15, 0.2) is 0 Å². The third-order valence-electron chi connectivity index (χ3n) is 2.68. The first kappa shape index (κ1) is 15.2. The summed E-state index contributed by atoms with van der Waals surface area (Å²) < 4.78 is 5.64. The number of halogens is 1. The van der Waals surface area contributed by atoms with Crippen molar-refractivity contribution < 1.29 is 19.4 Å². The molecule has 1 unspecified atom stereocenters. The van der Waals surface area contributed by atoms with E-state index in [1.54, 1.807) is 6.92 Å². The lowest BCUT2D eigenvalue weighted by Crippen LogP contribution is -2.51. The molecule has 6 heteroatoms. The van der Waals surface area contributed by atoms with Crippen molar-refractivity contribution in [2.45, 2.75) is 57.2 Å². The molecule has 18 heavy (non-hydrogen) atoms. The second kappa shape index (κ2) is 5.45. The Bertz CT molecular complexity index is 339. The van der Waals surface area contributed by atoms with Crippen molar-refractivity contribution >= 4 is 23.5 Å². The van der Waals surface area contributed by atoms with Gasteiger partial charge in [0.2, 0.25) is 5.91 Å². The van der Waals surface area contributed by atoms with Crippen molar-refractivity contribution in [2.75, 3.05) is 6.54 Å². The molecule has 0 bridgehead atoms. The molecule has 0 aromatic carbocycles. The highest BCUT2D eigenvalue weighted by Gasteiger charge is 2.41. The normalized spacial score (nSPS) is 24.2. The quantitative estimate of drug-likeness (QED) is 0.791. The maximum atomic E-state index is 11.7. The van der Waals surface area contributed by atoms with Gasteiger partial charge in [-0.05, 0) is 27.7 Å². The van der Waals surface area contributed by atoms with Crippen molar-refractivity contribution in [2.24, 2.45) is 0 Å². The molecule has 5 nitrogen and oxygen atoms in total. The van der Waals surface area contributed by atoms with E-state index in [0.29, 0.717) is 0 Å². The second-order valence-electron chi connectivity index (χ2n) is 5.57. The first-order chi connectivity index (χ1) is 8.11. The molecule has 1 fully saturated rings. The van der Waals surface area contributed by atoms with Crippen molar-refractivity contribution in [3.05, 3.63) is 0 Å². The average Bonchev–Trinajstić information content (AvgIpc) is 2.41. The second-order valence-corrected chi connectivity index (χ2v) is 6.18. The van der Waals surface area contributed by atoms with E-state index in [2.05, 4.69) is 0 Å². The van der Waals surface area contributed by atoms with Crippen LogP contribution in [-0.4, -0.2) is 51.6 Å². The Morgan fingerprint density at radius 2 is 2.11 bits per heavy atom. The minimum atomic E-state index is -1.06. The van der Waals surface area contributed by atoms with E-state index in [-0.39, 0.29) is 24.2 Å². The molecule has 0 aromatic heterocycles. The summed E-state index contributed by atoms with van der Waals surface area (Å²) in [7, 11) is 0. The predicted molar refractivity (Wildman–Crippen MR) is 67.7 cm³/mol. The van der Waals surface area contributed by atoms with Crippen molar-refractivity contribution in [3.8, 4) is 0 Å². The fraction of sp³-hybridized carbons (Fsp3) is 0.833. The maximum Gasteiger partial charge on any atom is 0.329 e. The number of alkyl halides is 1. The van der Waals surface area contributed by atoms with Crippen LogP contribution in [0.3, 0.4) is 0 Å². The molecule has 1 heterocycles. The zero-order chi connectivity index (χ0) is 14.1. The molecule has 0 aromatic rings. The fourth-order valence-corrected chi connectivity index (χ4v) is 2.45. The van der Waals surface area contributed by atoms with Gasteiger partial charge in [0.15, 0.2) is 6.04 Å². The summed E-state index contributed by atoms with van der Waals surface area (Å²) in [6.45, 7) is 7.46. The largest absolute Gasteiger partial charge is 0.480 e. The number of carboxylic acid groups (broad SMARTS) is 1. The van der Waals surface area contributed by atoms with Gasteiger partial charge in [0.1, 0.15) is 0 Å². The molecule has 1 aliphatic heterocycles. The Morgan fingerprint density at radius 3 is 2.44 bits per heavy atom. The zero-order valence-corrected chi connectivity index (χ0v) is 11.9. The van der Waals surface area contributed by atoms with Crippen LogP contribution in [0, 0.1) is 0 Å². The van der Waals surface area contributed by atoms with Gasteiger partial charge in [-0.3, -0.25) is 4.79 Å². The molecule has 1 aliphatic rings. The Morgan fingerprint density at radius 1 is 1.56 bits per heavy atom. The smallest absolute Gasteiger partial charge is 0.329 e. The van der Waals surface area contributed by atoms with Gasteiger partial charge in [-0.15, -0.1) is 11.6 Å². The molecule has 0 radical (unpaired) electrons. The number of hydrogen-bond donors (Lipinski definition) is 1. The molecular formula is C12H20ClNO4. The van der Waals surface area contributed by atoms with Crippen LogP contribution in [-0.2, 0) is 14.3 Å². The van der Waals surface area contributed by atoms with Crippen LogP contribution < -0.4 is 0 Å². The van der Waals surface area contributed by atoms with Gasteiger partial charge in [0.05, 0.1) is 17.1 Å². The van der Waals surface area contributed by atoms with Gasteiger partial charge in [0, 0.05) is 13.0 Å². The summed E-state index contributed by atoms with van der Waals surface area (Å²) in [4.78, 5) is 24.4. The first-order valence-electron chi connectivity index (χ1n) is 5.96. The van der Waals surface area contributed by atoms with Crippen LogP contribution in [0.1, 0.15) is 34.1 Å². The highest BCUT2D eigenvalue weighted by atomic mass is 35.5. The summed E-state index contributed by atoms with van der Waals surface area (Å²) in [5.74, 6) is -1.29. The monoisotopic (exact) mass is 277 g/mol. The number of carboxylic acids is 1. The predicted octanol–water partition coefficient (Wildman–Crippen LogP) is 1.48. The molecule has 1 rings (SSSR count). The van der Waals surface area contributed by atoms with E-state index in [0.717, 1.165) is 0 Å². The summed E-state index contributed by atoms with van der Waals surface area (Å²) in [6.07, 6.45) is -0.401. The highest BCUT2D eigenvalue weighted by Crippen LogP contribution is 2.23. The number of likely N-dealkylation sites (tertiary alicyclic amines) is 1. The minimum Gasteiger partial charge on any atom is -0.480 e. The number of carbonyl (C=O) groups excluding carboxylic acids is 1. The molecular weight excluding hydrogens is 258 g/mol. The SMILES string of the molecule is C[C@H](OC(C)(C)C)[C@H](C(=O)O)N1CC(Cl)CC1=O. The summed E-state index contributed by atoms with van der Waals surface area (Å²) in [5.41, 5.74) is -0.462. The zero-order valence-electron chi connectivity index (χ0n) is 11.1. The van der Waals surface area contributed by atoms with Gasteiger partial charge < -0.3 is 14.7 Å². The molecule has 3 atom stereocenters. The Balaban J connectivity index is 2.83. The van der Waals surface area contributed by atoms with Gasteiger partial charge >= 0.3 is 5.97 Å². The van der Waals surface area contributed by atoms with Crippen LogP contribution in [0.2, 0.25) is 0 Å². The standard InChI is InChI=1S/C12H20ClNO4/c1-7(18-12(2,3)4)10(11(16)17)14-6-8(13)5-9(14)15/h7-8,10H,5-6H2,1-4H3,(H,16,17)/t7-,8?,10+/m0/s1. The van der Waals surface area contributed by atoms with Crippen molar-refractivity contribution in [1.82, 2.24) is 4.90 Å². The van der Waals surface area contributed by atoms with E-state index in [4.69, 9.17) is 16.3 Å². The van der Waals surface area contributed by atoms with Gasteiger partial charge in [0.25, 0.3) is 0 Å². The highest BCUT2D eigenvalue weighted by molar-refractivity contribution is 6.22. The Labute approximate surface area is 112 Å². The van der Waals surface area contributed by atoms with Crippen LogP contribution in [0.5, 0.6) is 0 Å². The number of aliphatic carboxylic acids is 1. The van der Waals surface area contributed by atoms with Gasteiger partial charge in [-0.1, -0.05) is 0 Å². The Kier molecular flexibility index (Phi) is 4.61. The first-order valence-corrected chi connectivity index (χ1v) is 6.39. The Hall–Kier alpha value is -0.810. The van der Waals surface area contributed by atoms with E-state index >= 15 is 0 Å². The molecule has 1 N–H and O–H groups in total. The minimum absolute atomic E-state index is 0.188. The average molecular weight is 278 g/mol. The summed E-state index contributed by atoms with van der Waals surface area (Å²) >= 11 is 5.89. The van der Waals surface area contributed by atoms with Crippen molar-refractivity contribution in [3.63, 3.8) is 0 Å². The number of carbonyl (C=O) groups is 2. The maximum absolute atomic E-state index is 11.7. The van der Waals surface area contributed by atoms with Crippen molar-refractivity contribution in [1.29, 1.82) is 0 Å². The van der Waals surface area contributed by atoms with Gasteiger partial charge in [-0.2, -0.15) is 0 Å². The molecule has 1 saturated heterocycles. The number of amides is 1.